The van der Waals surface area contributed by atoms with Gasteiger partial charge >= 0.3 is 5.97 Å². The van der Waals surface area contributed by atoms with Crippen molar-refractivity contribution in [1.82, 2.24) is 0 Å². The molecule has 0 saturated carbocycles. The largest absolute Gasteiger partial charge is 0.493 e. The van der Waals surface area contributed by atoms with E-state index in [0.29, 0.717) is 33.7 Å². The summed E-state index contributed by atoms with van der Waals surface area (Å²) in [5.41, 5.74) is 1.18. The first-order valence-corrected chi connectivity index (χ1v) is 8.60. The summed E-state index contributed by atoms with van der Waals surface area (Å²) in [6.45, 7) is 2.36. The maximum Gasteiger partial charge on any atom is 0.363 e. The van der Waals surface area contributed by atoms with E-state index < -0.39 is 11.8 Å². The monoisotopic (exact) mass is 419 g/mol. The van der Waals surface area contributed by atoms with Crippen LogP contribution >= 0.6 is 15.9 Å². The zero-order chi connectivity index (χ0) is 18.7. The summed E-state index contributed by atoms with van der Waals surface area (Å²) in [4.78, 5) is 16.3. The number of esters is 1. The summed E-state index contributed by atoms with van der Waals surface area (Å²) in [5, 5.41) is 0. The molecule has 0 fully saturated rings. The third-order valence-corrected chi connectivity index (χ3v) is 4.12. The number of carbonyl (C=O) groups excluding carboxylic acids is 1. The first-order chi connectivity index (χ1) is 12.5. The Labute approximate surface area is 158 Å². The SMILES string of the molecule is CCOc1c(Br)cc(/C=C2/N=C(c3cccc(F)c3)OC2=O)cc1OC. The molecular formula is C19H15BrFNO4. The van der Waals surface area contributed by atoms with Gasteiger partial charge in [-0.2, -0.15) is 0 Å². The van der Waals surface area contributed by atoms with Crippen molar-refractivity contribution in [2.24, 2.45) is 4.99 Å². The van der Waals surface area contributed by atoms with Gasteiger partial charge in [0.05, 0.1) is 18.2 Å². The number of cyclic esters (lactones) is 1. The number of carbonyl (C=O) groups is 1. The minimum atomic E-state index is -0.603. The Bertz CT molecular complexity index is 924. The van der Waals surface area contributed by atoms with Crippen molar-refractivity contribution >= 4 is 33.9 Å². The highest BCUT2D eigenvalue weighted by molar-refractivity contribution is 9.10. The highest BCUT2D eigenvalue weighted by Gasteiger charge is 2.24. The van der Waals surface area contributed by atoms with Crippen LogP contribution in [-0.4, -0.2) is 25.6 Å². The van der Waals surface area contributed by atoms with E-state index in [0.717, 1.165) is 0 Å². The van der Waals surface area contributed by atoms with Crippen molar-refractivity contribution in [2.75, 3.05) is 13.7 Å². The predicted molar refractivity (Wildman–Crippen MR) is 98.9 cm³/mol. The summed E-state index contributed by atoms with van der Waals surface area (Å²) in [6, 6.07) is 9.22. The first-order valence-electron chi connectivity index (χ1n) is 7.80. The van der Waals surface area contributed by atoms with E-state index in [4.69, 9.17) is 14.2 Å². The lowest BCUT2D eigenvalue weighted by atomic mass is 10.1. The molecule has 0 radical (unpaired) electrons. The molecule has 0 unspecified atom stereocenters. The molecule has 0 amide bonds. The summed E-state index contributed by atoms with van der Waals surface area (Å²) in [7, 11) is 1.53. The summed E-state index contributed by atoms with van der Waals surface area (Å²) in [6.07, 6.45) is 1.57. The Morgan fingerprint density at radius 1 is 1.31 bits per heavy atom. The number of aliphatic imine (C=N–C) groups is 1. The fraction of sp³-hybridized carbons (Fsp3) is 0.158. The molecule has 0 saturated heterocycles. The van der Waals surface area contributed by atoms with E-state index in [-0.39, 0.29) is 11.6 Å². The lowest BCUT2D eigenvalue weighted by molar-refractivity contribution is -0.129. The third kappa shape index (κ3) is 3.77. The number of hydrogen-bond acceptors (Lipinski definition) is 5. The van der Waals surface area contributed by atoms with Crippen LogP contribution in [0.4, 0.5) is 4.39 Å². The van der Waals surface area contributed by atoms with E-state index in [2.05, 4.69) is 20.9 Å². The molecule has 1 heterocycles. The van der Waals surface area contributed by atoms with E-state index in [1.165, 1.54) is 25.3 Å². The van der Waals surface area contributed by atoms with Crippen LogP contribution < -0.4 is 9.47 Å². The quantitative estimate of drug-likeness (QED) is 0.534. The molecule has 7 heteroatoms. The number of hydrogen-bond donors (Lipinski definition) is 0. The van der Waals surface area contributed by atoms with Crippen LogP contribution in [0.3, 0.4) is 0 Å². The van der Waals surface area contributed by atoms with Gasteiger partial charge in [-0.3, -0.25) is 0 Å². The molecule has 1 aliphatic rings. The van der Waals surface area contributed by atoms with Gasteiger partial charge in [0.1, 0.15) is 5.82 Å². The van der Waals surface area contributed by atoms with Gasteiger partial charge < -0.3 is 14.2 Å². The molecule has 0 N–H and O–H groups in total. The molecule has 0 aromatic heterocycles. The third-order valence-electron chi connectivity index (χ3n) is 3.54. The van der Waals surface area contributed by atoms with E-state index in [1.54, 1.807) is 24.3 Å². The maximum absolute atomic E-state index is 13.3. The van der Waals surface area contributed by atoms with Gasteiger partial charge in [-0.05, 0) is 64.8 Å². The fourth-order valence-electron chi connectivity index (χ4n) is 2.42. The zero-order valence-corrected chi connectivity index (χ0v) is 15.7. The molecule has 3 rings (SSSR count). The molecule has 0 aliphatic carbocycles. The Kier molecular flexibility index (Phi) is 5.37. The van der Waals surface area contributed by atoms with Crippen molar-refractivity contribution in [3.63, 3.8) is 0 Å². The highest BCUT2D eigenvalue weighted by Crippen LogP contribution is 2.37. The van der Waals surface area contributed by atoms with Crippen LogP contribution in [0.2, 0.25) is 0 Å². The van der Waals surface area contributed by atoms with Crippen LogP contribution in [0.15, 0.2) is 51.6 Å². The number of benzene rings is 2. The Morgan fingerprint density at radius 3 is 2.81 bits per heavy atom. The molecule has 26 heavy (non-hydrogen) atoms. The van der Waals surface area contributed by atoms with Crippen molar-refractivity contribution in [3.8, 4) is 11.5 Å². The zero-order valence-electron chi connectivity index (χ0n) is 14.1. The predicted octanol–water partition coefficient (Wildman–Crippen LogP) is 4.34. The number of ether oxygens (including phenoxy) is 3. The number of methoxy groups -OCH3 is 1. The molecule has 0 atom stereocenters. The standard InChI is InChI=1S/C19H15BrFNO4/c1-3-25-17-14(20)7-11(9-16(17)24-2)8-15-19(23)26-18(22-15)12-5-4-6-13(21)10-12/h4-10H,3H2,1-2H3/b15-8+. The number of nitrogens with zero attached hydrogens (tertiary/aromatic N) is 1. The molecule has 0 spiro atoms. The number of halogens is 2. The normalized spacial score (nSPS) is 15.0. The molecule has 5 nitrogen and oxygen atoms in total. The average molecular weight is 420 g/mol. The van der Waals surface area contributed by atoms with Gasteiger partial charge in [0.25, 0.3) is 0 Å². The van der Waals surface area contributed by atoms with Gasteiger partial charge in [0, 0.05) is 5.56 Å². The Balaban J connectivity index is 1.97. The van der Waals surface area contributed by atoms with E-state index >= 15 is 0 Å². The Morgan fingerprint density at radius 2 is 2.12 bits per heavy atom. The minimum Gasteiger partial charge on any atom is -0.493 e. The van der Waals surface area contributed by atoms with Crippen molar-refractivity contribution in [3.05, 3.63) is 63.5 Å². The molecule has 134 valence electrons. The second-order valence-electron chi connectivity index (χ2n) is 5.31. The average Bonchev–Trinajstić information content (AvgIpc) is 2.98. The molecule has 0 bridgehead atoms. The smallest absolute Gasteiger partial charge is 0.363 e. The Hall–Kier alpha value is -2.67. The summed E-state index contributed by atoms with van der Waals surface area (Å²) in [5.74, 6) is 0.133. The molecular weight excluding hydrogens is 405 g/mol. The van der Waals surface area contributed by atoms with E-state index in [9.17, 15) is 9.18 Å². The lowest BCUT2D eigenvalue weighted by Gasteiger charge is -2.12. The summed E-state index contributed by atoms with van der Waals surface area (Å²) >= 11 is 3.43. The topological polar surface area (TPSA) is 57.1 Å². The van der Waals surface area contributed by atoms with Crippen molar-refractivity contribution in [1.29, 1.82) is 0 Å². The van der Waals surface area contributed by atoms with Gasteiger partial charge in [0.2, 0.25) is 5.90 Å². The summed E-state index contributed by atoms with van der Waals surface area (Å²) < 4.78 is 30.1. The second-order valence-corrected chi connectivity index (χ2v) is 6.17. The van der Waals surface area contributed by atoms with E-state index in [1.807, 2.05) is 6.92 Å². The highest BCUT2D eigenvalue weighted by atomic mass is 79.9. The first kappa shape index (κ1) is 18.1. The van der Waals surface area contributed by atoms with Crippen LogP contribution in [-0.2, 0) is 9.53 Å². The molecule has 1 aliphatic heterocycles. The van der Waals surface area contributed by atoms with Gasteiger partial charge in [-0.15, -0.1) is 0 Å². The van der Waals surface area contributed by atoms with Crippen LogP contribution in [0.25, 0.3) is 6.08 Å². The van der Waals surface area contributed by atoms with Crippen molar-refractivity contribution in [2.45, 2.75) is 6.92 Å². The van der Waals surface area contributed by atoms with Gasteiger partial charge in [-0.1, -0.05) is 6.07 Å². The molecule has 2 aromatic rings. The lowest BCUT2D eigenvalue weighted by Crippen LogP contribution is -2.05. The fourth-order valence-corrected chi connectivity index (χ4v) is 2.99. The second kappa shape index (κ2) is 7.70. The van der Waals surface area contributed by atoms with Crippen LogP contribution in [0.5, 0.6) is 11.5 Å². The maximum atomic E-state index is 13.3. The molecule has 2 aromatic carbocycles. The van der Waals surface area contributed by atoms with Crippen molar-refractivity contribution < 1.29 is 23.4 Å². The van der Waals surface area contributed by atoms with Gasteiger partial charge in [-0.25, -0.2) is 14.2 Å². The number of rotatable bonds is 5. The van der Waals surface area contributed by atoms with Gasteiger partial charge in [0.15, 0.2) is 17.2 Å². The minimum absolute atomic E-state index is 0.0673. The van der Waals surface area contributed by atoms with Crippen LogP contribution in [0.1, 0.15) is 18.1 Å². The van der Waals surface area contributed by atoms with Crippen LogP contribution in [0, 0.1) is 5.82 Å².